The van der Waals surface area contributed by atoms with Gasteiger partial charge in [0, 0.05) is 24.5 Å². The molecular weight excluding hydrogens is 581 g/mol. The van der Waals surface area contributed by atoms with Gasteiger partial charge in [-0.2, -0.15) is 0 Å². The molecule has 0 aliphatic rings. The number of sulfonamides is 1. The second-order valence-electron chi connectivity index (χ2n) is 8.95. The van der Waals surface area contributed by atoms with Gasteiger partial charge in [-0.25, -0.2) is 8.42 Å². The van der Waals surface area contributed by atoms with E-state index in [0.717, 1.165) is 16.1 Å². The maximum Gasteiger partial charge on any atom is 0.244 e. The molecule has 1 N–H and O–H groups in total. The largest absolute Gasteiger partial charge is 0.354 e. The molecule has 0 aliphatic carbocycles. The maximum absolute atomic E-state index is 14.0. The number of benzene rings is 3. The molecule has 0 spiro atoms. The first kappa shape index (κ1) is 30.8. The lowest BCUT2D eigenvalue weighted by molar-refractivity contribution is -0.140. The van der Waals surface area contributed by atoms with Crippen LogP contribution in [0, 0.1) is 0 Å². The fraction of sp³-hybridized carbons (Fsp3) is 0.286. The van der Waals surface area contributed by atoms with Crippen molar-refractivity contribution in [2.75, 3.05) is 23.7 Å². The molecule has 1 atom stereocenters. The van der Waals surface area contributed by atoms with Crippen LogP contribution >= 0.6 is 34.8 Å². The molecule has 1 unspecified atom stereocenters. The summed E-state index contributed by atoms with van der Waals surface area (Å²) in [6, 6.07) is 19.9. The summed E-state index contributed by atoms with van der Waals surface area (Å²) in [6.07, 6.45) is 1.89. The number of nitrogens with one attached hydrogen (secondary N) is 1. The van der Waals surface area contributed by atoms with Crippen molar-refractivity contribution in [3.05, 3.63) is 99.0 Å². The molecule has 0 saturated heterocycles. The van der Waals surface area contributed by atoms with Crippen LogP contribution in [0.15, 0.2) is 72.8 Å². The van der Waals surface area contributed by atoms with Crippen LogP contribution in [-0.2, 0) is 32.6 Å². The Morgan fingerprint density at radius 3 is 2.18 bits per heavy atom. The third kappa shape index (κ3) is 8.35. The molecule has 0 aliphatic heterocycles. The third-order valence-electron chi connectivity index (χ3n) is 6.00. The minimum absolute atomic E-state index is 0.00318. The highest BCUT2D eigenvalue weighted by atomic mass is 35.5. The van der Waals surface area contributed by atoms with Crippen LogP contribution in [0.1, 0.15) is 24.5 Å². The third-order valence-corrected chi connectivity index (χ3v) is 8.30. The first-order valence-corrected chi connectivity index (χ1v) is 15.3. The highest BCUT2D eigenvalue weighted by molar-refractivity contribution is 7.92. The van der Waals surface area contributed by atoms with Crippen LogP contribution in [-0.4, -0.2) is 50.5 Å². The monoisotopic (exact) mass is 609 g/mol. The Morgan fingerprint density at radius 1 is 0.897 bits per heavy atom. The van der Waals surface area contributed by atoms with Crippen LogP contribution in [0.3, 0.4) is 0 Å². The summed E-state index contributed by atoms with van der Waals surface area (Å²) in [4.78, 5) is 28.9. The zero-order chi connectivity index (χ0) is 28.6. The first-order chi connectivity index (χ1) is 18.5. The molecule has 0 heterocycles. The molecule has 3 aromatic rings. The molecule has 39 heavy (non-hydrogen) atoms. The van der Waals surface area contributed by atoms with E-state index < -0.39 is 28.5 Å². The average Bonchev–Trinajstić information content (AvgIpc) is 2.90. The summed E-state index contributed by atoms with van der Waals surface area (Å²) < 4.78 is 26.6. The van der Waals surface area contributed by atoms with E-state index in [4.69, 9.17) is 34.8 Å². The molecule has 0 radical (unpaired) electrons. The van der Waals surface area contributed by atoms with E-state index in [2.05, 4.69) is 5.32 Å². The smallest absolute Gasteiger partial charge is 0.244 e. The summed E-state index contributed by atoms with van der Waals surface area (Å²) in [7, 11) is -3.97. The Hall–Kier alpha value is -2.78. The number of hydrogen-bond donors (Lipinski definition) is 1. The van der Waals surface area contributed by atoms with Gasteiger partial charge in [-0.1, -0.05) is 96.3 Å². The number of halogens is 3. The topological polar surface area (TPSA) is 86.8 Å². The standard InChI is InChI=1S/C28H30Cl3N3O4S/c1-3-16-32-28(36)25(17-20-10-5-4-6-11-20)33(18-21-12-7-8-13-22(21)29)26(35)19-34(39(2,37)38)24-15-9-14-23(30)27(24)31/h4-15,25H,3,16-19H2,1-2H3,(H,32,36). The highest BCUT2D eigenvalue weighted by Gasteiger charge is 2.33. The SMILES string of the molecule is CCCNC(=O)C(Cc1ccccc1)N(Cc1ccccc1Cl)C(=O)CN(c1cccc(Cl)c1Cl)S(C)(=O)=O. The van der Waals surface area contributed by atoms with Gasteiger partial charge < -0.3 is 10.2 Å². The van der Waals surface area contributed by atoms with Crippen molar-refractivity contribution in [3.8, 4) is 0 Å². The fourth-order valence-corrected chi connectivity index (χ4v) is 5.51. The van der Waals surface area contributed by atoms with Gasteiger partial charge in [-0.15, -0.1) is 0 Å². The van der Waals surface area contributed by atoms with Crippen LogP contribution in [0.5, 0.6) is 0 Å². The number of amides is 2. The lowest BCUT2D eigenvalue weighted by Gasteiger charge is -2.34. The molecule has 11 heteroatoms. The van der Waals surface area contributed by atoms with Crippen LogP contribution in [0.25, 0.3) is 0 Å². The Morgan fingerprint density at radius 2 is 1.54 bits per heavy atom. The lowest BCUT2D eigenvalue weighted by atomic mass is 10.0. The summed E-state index contributed by atoms with van der Waals surface area (Å²) in [5.74, 6) is -0.961. The Labute approximate surface area is 244 Å². The lowest BCUT2D eigenvalue weighted by Crippen LogP contribution is -2.53. The van der Waals surface area contributed by atoms with E-state index in [1.54, 1.807) is 30.3 Å². The Kier molecular flexibility index (Phi) is 11.1. The van der Waals surface area contributed by atoms with Gasteiger partial charge in [0.25, 0.3) is 0 Å². The van der Waals surface area contributed by atoms with Gasteiger partial charge in [0.15, 0.2) is 0 Å². The van der Waals surface area contributed by atoms with Crippen molar-refractivity contribution in [3.63, 3.8) is 0 Å². The molecule has 7 nitrogen and oxygen atoms in total. The first-order valence-electron chi connectivity index (χ1n) is 12.3. The Balaban J connectivity index is 2.08. The van der Waals surface area contributed by atoms with E-state index in [-0.39, 0.29) is 34.6 Å². The van der Waals surface area contributed by atoms with Gasteiger partial charge >= 0.3 is 0 Å². The summed E-state index contributed by atoms with van der Waals surface area (Å²) in [6.45, 7) is 1.73. The van der Waals surface area contributed by atoms with Gasteiger partial charge in [0.1, 0.15) is 12.6 Å². The zero-order valence-electron chi connectivity index (χ0n) is 21.6. The molecule has 2 amide bonds. The molecule has 0 bridgehead atoms. The zero-order valence-corrected chi connectivity index (χ0v) is 24.7. The van der Waals surface area contributed by atoms with E-state index in [9.17, 15) is 18.0 Å². The second kappa shape index (κ2) is 14.0. The number of anilines is 1. The van der Waals surface area contributed by atoms with Crippen LogP contribution in [0.2, 0.25) is 15.1 Å². The molecular formula is C28H30Cl3N3O4S. The summed E-state index contributed by atoms with van der Waals surface area (Å²) >= 11 is 18.9. The van der Waals surface area contributed by atoms with Crippen molar-refractivity contribution in [1.82, 2.24) is 10.2 Å². The molecule has 0 fully saturated rings. The highest BCUT2D eigenvalue weighted by Crippen LogP contribution is 2.34. The molecule has 208 valence electrons. The minimum atomic E-state index is -3.97. The second-order valence-corrected chi connectivity index (χ2v) is 12.1. The molecule has 0 saturated carbocycles. The quantitative estimate of drug-likeness (QED) is 0.290. The predicted molar refractivity (Wildman–Crippen MR) is 158 cm³/mol. The van der Waals surface area contributed by atoms with Gasteiger partial charge in [0.2, 0.25) is 21.8 Å². The summed E-state index contributed by atoms with van der Waals surface area (Å²) in [5, 5.41) is 3.44. The van der Waals surface area contributed by atoms with Crippen molar-refractivity contribution in [1.29, 1.82) is 0 Å². The maximum atomic E-state index is 14.0. The minimum Gasteiger partial charge on any atom is -0.354 e. The number of rotatable bonds is 12. The van der Waals surface area contributed by atoms with Gasteiger partial charge in [-0.05, 0) is 35.7 Å². The van der Waals surface area contributed by atoms with Crippen molar-refractivity contribution < 1.29 is 18.0 Å². The molecule has 0 aromatic heterocycles. The van der Waals surface area contributed by atoms with Gasteiger partial charge in [0.05, 0.1) is 22.0 Å². The summed E-state index contributed by atoms with van der Waals surface area (Å²) in [5.41, 5.74) is 1.51. The number of carbonyl (C=O) groups excluding carboxylic acids is 2. The van der Waals surface area contributed by atoms with Gasteiger partial charge in [-0.3, -0.25) is 13.9 Å². The fourth-order valence-electron chi connectivity index (χ4n) is 4.01. The average molecular weight is 611 g/mol. The number of carbonyl (C=O) groups is 2. The molecule has 3 aromatic carbocycles. The van der Waals surface area contributed by atoms with E-state index in [1.165, 1.54) is 17.0 Å². The predicted octanol–water partition coefficient (Wildman–Crippen LogP) is 5.58. The van der Waals surface area contributed by atoms with Crippen molar-refractivity contribution >= 4 is 62.3 Å². The van der Waals surface area contributed by atoms with E-state index >= 15 is 0 Å². The van der Waals surface area contributed by atoms with Crippen molar-refractivity contribution in [2.45, 2.75) is 32.4 Å². The van der Waals surface area contributed by atoms with E-state index in [1.807, 2.05) is 37.3 Å². The Bertz CT molecular complexity index is 1400. The van der Waals surface area contributed by atoms with Crippen LogP contribution < -0.4 is 9.62 Å². The number of hydrogen-bond acceptors (Lipinski definition) is 4. The van der Waals surface area contributed by atoms with E-state index in [0.29, 0.717) is 23.6 Å². The van der Waals surface area contributed by atoms with Crippen LogP contribution in [0.4, 0.5) is 5.69 Å². The molecule has 3 rings (SSSR count). The normalized spacial score (nSPS) is 12.0. The number of nitrogens with zero attached hydrogens (tertiary/aromatic N) is 2. The van der Waals surface area contributed by atoms with Crippen molar-refractivity contribution in [2.24, 2.45) is 0 Å².